The first-order valence-corrected chi connectivity index (χ1v) is 17.4. The molecule has 0 unspecified atom stereocenters. The lowest BCUT2D eigenvalue weighted by Gasteiger charge is -2.21. The van der Waals surface area contributed by atoms with E-state index in [4.69, 9.17) is 28.8 Å². The fourth-order valence-corrected chi connectivity index (χ4v) is 5.37. The van der Waals surface area contributed by atoms with Gasteiger partial charge in [0.25, 0.3) is 0 Å². The van der Waals surface area contributed by atoms with Crippen LogP contribution < -0.4 is 9.47 Å². The maximum atomic E-state index is 12.4. The van der Waals surface area contributed by atoms with Gasteiger partial charge in [-0.15, -0.1) is 0 Å². The molecule has 0 saturated heterocycles. The molecule has 1 fully saturated rings. The molecular formula is C38H46O10S. The van der Waals surface area contributed by atoms with Crippen molar-refractivity contribution in [1.29, 1.82) is 0 Å². The Balaban J connectivity index is 1.22. The molecule has 0 aromatic heterocycles. The van der Waals surface area contributed by atoms with Crippen molar-refractivity contribution in [2.45, 2.75) is 75.2 Å². The number of aliphatic hydroxyl groups excluding tert-OH is 1. The normalized spacial score (nSPS) is 13.0. The number of unbranched alkanes of at least 4 members (excludes halogenated alkanes) is 3. The molecule has 1 aliphatic rings. The second-order valence-electron chi connectivity index (χ2n) is 11.5. The topological polar surface area (TPSA) is 135 Å². The lowest BCUT2D eigenvalue weighted by molar-refractivity contribution is -0.151. The molecule has 2 aromatic rings. The van der Waals surface area contributed by atoms with Crippen LogP contribution in [0.15, 0.2) is 83.8 Å². The van der Waals surface area contributed by atoms with Crippen molar-refractivity contribution in [3.05, 3.63) is 84.5 Å². The molecule has 0 radical (unpaired) electrons. The monoisotopic (exact) mass is 694 g/mol. The van der Waals surface area contributed by atoms with Gasteiger partial charge in [-0.2, -0.15) is 0 Å². The molecule has 49 heavy (non-hydrogen) atoms. The van der Waals surface area contributed by atoms with Crippen LogP contribution in [0.5, 0.6) is 11.5 Å². The molecule has 2 aromatic carbocycles. The third-order valence-electron chi connectivity index (χ3n) is 7.44. The molecule has 0 aliphatic heterocycles. The zero-order valence-corrected chi connectivity index (χ0v) is 28.7. The lowest BCUT2D eigenvalue weighted by atomic mass is 9.98. The third-order valence-corrected chi connectivity index (χ3v) is 8.28. The van der Waals surface area contributed by atoms with Gasteiger partial charge in [-0.05, 0) is 111 Å². The zero-order chi connectivity index (χ0) is 35.3. The number of carbonyl (C=O) groups is 4. The van der Waals surface area contributed by atoms with E-state index in [9.17, 15) is 19.2 Å². The van der Waals surface area contributed by atoms with Gasteiger partial charge in [0.2, 0.25) is 5.12 Å². The quantitative estimate of drug-likeness (QED) is 0.0486. The van der Waals surface area contributed by atoms with Gasteiger partial charge in [0.05, 0.1) is 31.8 Å². The van der Waals surface area contributed by atoms with Crippen LogP contribution in [0, 0.1) is 0 Å². The van der Waals surface area contributed by atoms with E-state index in [0.717, 1.165) is 72.9 Å². The molecule has 3 rings (SSSR count). The minimum atomic E-state index is -0.664. The Bertz CT molecular complexity index is 1410. The van der Waals surface area contributed by atoms with Crippen molar-refractivity contribution in [3.8, 4) is 11.5 Å². The Labute approximate surface area is 292 Å². The molecule has 10 nitrogen and oxygen atoms in total. The van der Waals surface area contributed by atoms with Crippen LogP contribution in [-0.4, -0.2) is 67.3 Å². The second-order valence-corrected chi connectivity index (χ2v) is 12.5. The SMILES string of the molecule is C=C(CO)C(=O)OCCOc1ccc(SC(=O)/C=C/c2ccc(OCCCCCCOC(=O)C(=C)CC(=O)OC3CCCCC3)cc2)cc1. The van der Waals surface area contributed by atoms with Crippen LogP contribution in [0.2, 0.25) is 0 Å². The van der Waals surface area contributed by atoms with Crippen LogP contribution in [0.4, 0.5) is 0 Å². The summed E-state index contributed by atoms with van der Waals surface area (Å²) in [5.74, 6) is -0.323. The highest BCUT2D eigenvalue weighted by atomic mass is 32.2. The molecule has 0 bridgehead atoms. The van der Waals surface area contributed by atoms with Gasteiger partial charge < -0.3 is 28.8 Å². The van der Waals surface area contributed by atoms with Crippen molar-refractivity contribution < 1.29 is 48.0 Å². The summed E-state index contributed by atoms with van der Waals surface area (Å²) in [7, 11) is 0. The molecule has 1 aliphatic carbocycles. The number of hydrogen-bond donors (Lipinski definition) is 1. The second kappa shape index (κ2) is 22.3. The number of ether oxygens (including phenoxy) is 5. The minimum absolute atomic E-state index is 0.0172. The molecule has 0 atom stereocenters. The van der Waals surface area contributed by atoms with Crippen molar-refractivity contribution in [2.75, 3.05) is 33.0 Å². The van der Waals surface area contributed by atoms with Crippen LogP contribution in [-0.2, 0) is 33.4 Å². The van der Waals surface area contributed by atoms with Gasteiger partial charge in [-0.3, -0.25) is 9.59 Å². The smallest absolute Gasteiger partial charge is 0.335 e. The van der Waals surface area contributed by atoms with Gasteiger partial charge in [0, 0.05) is 10.5 Å². The Morgan fingerprint density at radius 1 is 0.735 bits per heavy atom. The summed E-state index contributed by atoms with van der Waals surface area (Å²) in [6.07, 6.45) is 11.5. The minimum Gasteiger partial charge on any atom is -0.494 e. The number of thioether (sulfide) groups is 1. The van der Waals surface area contributed by atoms with E-state index >= 15 is 0 Å². The first kappa shape index (κ1) is 39.1. The fourth-order valence-electron chi connectivity index (χ4n) is 4.73. The van der Waals surface area contributed by atoms with E-state index in [-0.39, 0.29) is 48.6 Å². The van der Waals surface area contributed by atoms with Crippen molar-refractivity contribution in [1.82, 2.24) is 0 Å². The number of aliphatic hydroxyl groups is 1. The van der Waals surface area contributed by atoms with E-state index in [1.54, 1.807) is 30.3 Å². The number of carbonyl (C=O) groups excluding carboxylic acids is 4. The number of rotatable bonds is 21. The zero-order valence-electron chi connectivity index (χ0n) is 27.9. The highest BCUT2D eigenvalue weighted by Crippen LogP contribution is 2.24. The number of hydrogen-bond acceptors (Lipinski definition) is 11. The molecule has 0 spiro atoms. The standard InChI is InChI=1S/C38H46O10S/c1-28(26-35(40)48-33-10-6-5-7-11-33)37(42)46-23-9-4-3-8-22-44-31-15-12-30(13-16-31)14-21-36(41)49-34-19-17-32(18-20-34)45-24-25-47-38(43)29(2)27-39/h12-21,33,39H,1-11,22-27H2/b21-14+. The van der Waals surface area contributed by atoms with Crippen LogP contribution in [0.3, 0.4) is 0 Å². The third kappa shape index (κ3) is 16.1. The maximum absolute atomic E-state index is 12.4. The summed E-state index contributed by atoms with van der Waals surface area (Å²) >= 11 is 1.09. The lowest BCUT2D eigenvalue weighted by Crippen LogP contribution is -2.22. The highest BCUT2D eigenvalue weighted by Gasteiger charge is 2.20. The summed E-state index contributed by atoms with van der Waals surface area (Å²) in [4.78, 5) is 48.8. The Morgan fingerprint density at radius 3 is 2.00 bits per heavy atom. The summed E-state index contributed by atoms with van der Waals surface area (Å²) in [5.41, 5.74) is 0.974. The Hall–Kier alpha value is -4.35. The molecule has 264 valence electrons. The predicted molar refractivity (Wildman–Crippen MR) is 187 cm³/mol. The van der Waals surface area contributed by atoms with Crippen molar-refractivity contribution in [3.63, 3.8) is 0 Å². The fraction of sp³-hybridized carbons (Fsp3) is 0.421. The molecule has 11 heteroatoms. The summed E-state index contributed by atoms with van der Waals surface area (Å²) in [6, 6.07) is 14.5. The Morgan fingerprint density at radius 2 is 1.33 bits per heavy atom. The summed E-state index contributed by atoms with van der Waals surface area (Å²) in [6.45, 7) is 7.62. The van der Waals surface area contributed by atoms with E-state index in [0.29, 0.717) is 18.8 Å². The number of benzene rings is 2. The average Bonchev–Trinajstić information content (AvgIpc) is 3.11. The first-order chi connectivity index (χ1) is 23.7. The van der Waals surface area contributed by atoms with Crippen LogP contribution in [0.25, 0.3) is 6.08 Å². The van der Waals surface area contributed by atoms with E-state index in [2.05, 4.69) is 13.2 Å². The van der Waals surface area contributed by atoms with Gasteiger partial charge in [0.15, 0.2) is 0 Å². The van der Waals surface area contributed by atoms with Crippen molar-refractivity contribution in [2.24, 2.45) is 0 Å². The van der Waals surface area contributed by atoms with Crippen molar-refractivity contribution >= 4 is 40.9 Å². The summed E-state index contributed by atoms with van der Waals surface area (Å²) < 4.78 is 26.9. The van der Waals surface area contributed by atoms with Gasteiger partial charge in [-0.1, -0.05) is 37.8 Å². The van der Waals surface area contributed by atoms with Gasteiger partial charge in [-0.25, -0.2) is 9.59 Å². The van der Waals surface area contributed by atoms with Crippen LogP contribution in [0.1, 0.15) is 69.8 Å². The van der Waals surface area contributed by atoms with Gasteiger partial charge >= 0.3 is 17.9 Å². The summed E-state index contributed by atoms with van der Waals surface area (Å²) in [5, 5.41) is 8.73. The Kier molecular flexibility index (Phi) is 17.8. The largest absolute Gasteiger partial charge is 0.494 e. The highest BCUT2D eigenvalue weighted by molar-refractivity contribution is 8.14. The molecular weight excluding hydrogens is 648 g/mol. The van der Waals surface area contributed by atoms with Gasteiger partial charge in [0.1, 0.15) is 30.8 Å². The molecule has 1 saturated carbocycles. The molecule has 1 N–H and O–H groups in total. The van der Waals surface area contributed by atoms with E-state index in [1.807, 2.05) is 24.3 Å². The predicted octanol–water partition coefficient (Wildman–Crippen LogP) is 6.79. The first-order valence-electron chi connectivity index (χ1n) is 16.6. The molecule has 0 amide bonds. The van der Waals surface area contributed by atoms with Crippen LogP contribution >= 0.6 is 11.8 Å². The van der Waals surface area contributed by atoms with E-state index < -0.39 is 24.5 Å². The van der Waals surface area contributed by atoms with E-state index in [1.165, 1.54) is 12.5 Å². The average molecular weight is 695 g/mol. The molecule has 0 heterocycles. The number of esters is 3. The maximum Gasteiger partial charge on any atom is 0.335 e.